The van der Waals surface area contributed by atoms with Crippen molar-refractivity contribution < 1.29 is 66.7 Å². The Morgan fingerprint density at radius 3 is 1.04 bits per heavy atom. The van der Waals surface area contributed by atoms with Gasteiger partial charge in [0, 0.05) is 87.5 Å². The molecule has 22 heteroatoms. The van der Waals surface area contributed by atoms with Crippen LogP contribution in [0.25, 0.3) is 33.4 Å². The Bertz CT molecular complexity index is 4540. The number of hydrogen-bond donors (Lipinski definition) is 4. The Kier molecular flexibility index (Phi) is 29.3. The van der Waals surface area contributed by atoms with Crippen LogP contribution in [-0.4, -0.2) is 174 Å². The first-order valence-electron chi connectivity index (χ1n) is 35.3. The van der Waals surface area contributed by atoms with Gasteiger partial charge in [0.15, 0.2) is 0 Å². The van der Waals surface area contributed by atoms with Crippen molar-refractivity contribution in [2.24, 2.45) is 0 Å². The third-order valence-electron chi connectivity index (χ3n) is 17.6. The van der Waals surface area contributed by atoms with E-state index < -0.39 is 23.5 Å². The van der Waals surface area contributed by atoms with E-state index in [0.29, 0.717) is 101 Å². The number of hydrogen-bond acceptors (Lipinski definition) is 17. The lowest BCUT2D eigenvalue weighted by atomic mass is 10.0. The van der Waals surface area contributed by atoms with Gasteiger partial charge in [0.1, 0.15) is 36.1 Å². The SMILES string of the molecule is COC(=O)c1ccc(-c2ccccc2)cc1NC(=O)c1cc(OCCBr)ccc1C.COC(=O)c1ccc(-c2ccccc2)cc1NC(=O)c1cc(OCCN2CCN(C(=O)OC(C)(C)C)CC2)ccc1C.COC(=O)c1ccc(-c2ccccc2)cc1NC(=O)c1cc(OCCN2CCNCC2)ccc1C. The normalized spacial score (nSPS) is 12.8. The zero-order valence-corrected chi connectivity index (χ0v) is 63.5. The summed E-state index contributed by atoms with van der Waals surface area (Å²) in [5.41, 5.74) is 10.8. The first kappa shape index (κ1) is 79.9. The van der Waals surface area contributed by atoms with Gasteiger partial charge in [-0.3, -0.25) is 24.2 Å². The van der Waals surface area contributed by atoms with E-state index in [1.165, 1.54) is 21.3 Å². The van der Waals surface area contributed by atoms with E-state index in [9.17, 15) is 33.6 Å². The van der Waals surface area contributed by atoms with E-state index in [2.05, 4.69) is 47.0 Å². The number of anilines is 3. The molecule has 0 unspecified atom stereocenters. The van der Waals surface area contributed by atoms with Gasteiger partial charge in [-0.1, -0.05) is 143 Å². The molecule has 558 valence electrons. The number of aryl methyl sites for hydroxylation is 3. The number of halogens is 1. The molecular formula is C85H92BrN7O14. The largest absolute Gasteiger partial charge is 0.493 e. The number of esters is 3. The fraction of sp³-hybridized carbons (Fsp3) is 0.282. The molecule has 0 atom stereocenters. The van der Waals surface area contributed by atoms with Crippen LogP contribution in [-0.2, 0) is 18.9 Å². The van der Waals surface area contributed by atoms with E-state index in [1.807, 2.05) is 187 Å². The Labute approximate surface area is 633 Å². The quantitative estimate of drug-likeness (QED) is 0.0264. The van der Waals surface area contributed by atoms with Crippen molar-refractivity contribution in [2.75, 3.05) is 128 Å². The van der Waals surface area contributed by atoms with E-state index in [-0.39, 0.29) is 34.9 Å². The summed E-state index contributed by atoms with van der Waals surface area (Å²) in [5, 5.41) is 12.7. The van der Waals surface area contributed by atoms with Crippen molar-refractivity contribution in [2.45, 2.75) is 47.1 Å². The highest BCUT2D eigenvalue weighted by atomic mass is 79.9. The lowest BCUT2D eigenvalue weighted by molar-refractivity contribution is 0.0136. The zero-order chi connectivity index (χ0) is 76.4. The predicted molar refractivity (Wildman–Crippen MR) is 421 cm³/mol. The van der Waals surface area contributed by atoms with Gasteiger partial charge in [-0.2, -0.15) is 0 Å². The highest BCUT2D eigenvalue weighted by molar-refractivity contribution is 9.09. The van der Waals surface area contributed by atoms with Gasteiger partial charge in [0.05, 0.1) is 61.7 Å². The lowest BCUT2D eigenvalue weighted by Gasteiger charge is -2.35. The predicted octanol–water partition coefficient (Wildman–Crippen LogP) is 15.1. The maximum absolute atomic E-state index is 13.4. The molecule has 2 fully saturated rings. The number of rotatable bonds is 23. The fourth-order valence-electron chi connectivity index (χ4n) is 11.8. The monoisotopic (exact) mass is 1510 g/mol. The minimum atomic E-state index is -0.536. The van der Waals surface area contributed by atoms with Gasteiger partial charge in [-0.15, -0.1) is 0 Å². The van der Waals surface area contributed by atoms with Crippen molar-refractivity contribution in [1.82, 2.24) is 20.0 Å². The number of methoxy groups -OCH3 is 3. The molecule has 0 aromatic heterocycles. The van der Waals surface area contributed by atoms with Crippen LogP contribution in [0, 0.1) is 20.8 Å². The molecular weight excluding hydrogens is 1420 g/mol. The number of amides is 4. The number of carbonyl (C=O) groups excluding carboxylic acids is 7. The van der Waals surface area contributed by atoms with Crippen LogP contribution >= 0.6 is 15.9 Å². The van der Waals surface area contributed by atoms with Gasteiger partial charge in [-0.05, 0) is 164 Å². The van der Waals surface area contributed by atoms with Crippen molar-refractivity contribution in [3.05, 3.63) is 250 Å². The molecule has 9 aromatic rings. The summed E-state index contributed by atoms with van der Waals surface area (Å²) in [7, 11) is 3.95. The van der Waals surface area contributed by atoms with Crippen LogP contribution in [0.2, 0.25) is 0 Å². The second-order valence-corrected chi connectivity index (χ2v) is 27.1. The molecule has 2 aliphatic rings. The summed E-state index contributed by atoms with van der Waals surface area (Å²) in [6.07, 6.45) is -0.283. The molecule has 11 rings (SSSR count). The Hall–Kier alpha value is -11.2. The molecule has 2 aliphatic heterocycles. The first-order chi connectivity index (χ1) is 51.6. The van der Waals surface area contributed by atoms with E-state index >= 15 is 0 Å². The molecule has 4 N–H and O–H groups in total. The number of ether oxygens (including phenoxy) is 7. The molecule has 21 nitrogen and oxygen atoms in total. The Balaban J connectivity index is 0.000000188. The molecule has 0 radical (unpaired) electrons. The molecule has 0 bridgehead atoms. The third-order valence-corrected chi connectivity index (χ3v) is 18.0. The number of carbonyl (C=O) groups is 7. The average Bonchev–Trinajstić information content (AvgIpc) is 0.818. The maximum Gasteiger partial charge on any atom is 0.410 e. The maximum atomic E-state index is 13.4. The minimum absolute atomic E-state index is 0.266. The number of nitrogens with one attached hydrogen (secondary N) is 4. The standard InChI is InChI=1S/C33H39N3O6.C28H31N3O4.C24H22BrNO4/c1-23-11-13-26(41-20-19-35-15-17-36(18-16-35)32(39)42-33(2,3)4)22-28(23)30(37)34-29-21-25(24-9-7-6-8-10-24)12-14-27(29)31(38)40-5;1-20-8-10-23(35-17-16-31-14-12-29-13-15-31)19-25(20)27(32)30-26-18-22(21-6-4-3-5-7-21)9-11-24(26)28(33)34-2;1-16-8-10-19(30-13-12-25)15-21(16)23(27)26-22-14-18(17-6-4-3-5-7-17)9-11-20(22)24(28)29-2/h6-14,21-22H,15-20H2,1-5H3,(H,34,37);3-11,18-19,29H,12-17H2,1-2H3,(H,30,32);3-11,14-15H,12-13H2,1-2H3,(H,26,27). The molecule has 4 amide bonds. The summed E-state index contributed by atoms with van der Waals surface area (Å²) >= 11 is 3.32. The summed E-state index contributed by atoms with van der Waals surface area (Å²) in [6.45, 7) is 20.8. The summed E-state index contributed by atoms with van der Waals surface area (Å²) < 4.78 is 37.8. The van der Waals surface area contributed by atoms with Gasteiger partial charge >= 0.3 is 24.0 Å². The topological polar surface area (TPSA) is 242 Å². The van der Waals surface area contributed by atoms with Crippen LogP contribution in [0.15, 0.2) is 200 Å². The van der Waals surface area contributed by atoms with Crippen LogP contribution in [0.3, 0.4) is 0 Å². The molecule has 0 saturated carbocycles. The minimum Gasteiger partial charge on any atom is -0.493 e. The number of nitrogens with zero attached hydrogens (tertiary/aromatic N) is 3. The van der Waals surface area contributed by atoms with Crippen LogP contribution < -0.4 is 35.5 Å². The third kappa shape index (κ3) is 23.2. The Morgan fingerprint density at radius 2 is 0.720 bits per heavy atom. The molecule has 0 spiro atoms. The number of piperazine rings is 2. The van der Waals surface area contributed by atoms with Crippen LogP contribution in [0.5, 0.6) is 17.2 Å². The van der Waals surface area contributed by atoms with E-state index in [0.717, 1.165) is 95.9 Å². The van der Waals surface area contributed by atoms with Crippen molar-refractivity contribution in [1.29, 1.82) is 0 Å². The van der Waals surface area contributed by atoms with Crippen LogP contribution in [0.4, 0.5) is 21.9 Å². The van der Waals surface area contributed by atoms with Gasteiger partial charge in [0.25, 0.3) is 17.7 Å². The molecule has 0 aliphatic carbocycles. The highest BCUT2D eigenvalue weighted by Gasteiger charge is 2.27. The Morgan fingerprint density at radius 1 is 0.393 bits per heavy atom. The smallest absolute Gasteiger partial charge is 0.410 e. The summed E-state index contributed by atoms with van der Waals surface area (Å²) in [6, 6.07) is 61.3. The first-order valence-corrected chi connectivity index (χ1v) is 36.4. The van der Waals surface area contributed by atoms with Gasteiger partial charge in [-0.25, -0.2) is 19.2 Å². The highest BCUT2D eigenvalue weighted by Crippen LogP contribution is 2.32. The second kappa shape index (κ2) is 39.3. The lowest BCUT2D eigenvalue weighted by Crippen LogP contribution is -2.50. The second-order valence-electron chi connectivity index (χ2n) is 26.3. The van der Waals surface area contributed by atoms with Gasteiger partial charge in [0.2, 0.25) is 0 Å². The van der Waals surface area contributed by atoms with E-state index in [1.54, 1.807) is 59.5 Å². The van der Waals surface area contributed by atoms with Crippen molar-refractivity contribution >= 4 is 74.7 Å². The zero-order valence-electron chi connectivity index (χ0n) is 61.9. The molecule has 2 saturated heterocycles. The number of benzene rings is 9. The van der Waals surface area contributed by atoms with Crippen molar-refractivity contribution in [3.63, 3.8) is 0 Å². The summed E-state index contributed by atoms with van der Waals surface area (Å²) in [5.74, 6) is -0.740. The molecule has 9 aromatic carbocycles. The number of alkyl halides is 1. The molecule has 107 heavy (non-hydrogen) atoms. The van der Waals surface area contributed by atoms with Gasteiger partial charge < -0.3 is 59.3 Å². The van der Waals surface area contributed by atoms with Crippen LogP contribution in [0.1, 0.15) is 99.6 Å². The summed E-state index contributed by atoms with van der Waals surface area (Å²) in [4.78, 5) is 95.4. The van der Waals surface area contributed by atoms with Crippen molar-refractivity contribution in [3.8, 4) is 50.6 Å². The molecule has 2 heterocycles. The average molecular weight is 1520 g/mol. The fourth-order valence-corrected chi connectivity index (χ4v) is 11.9. The van der Waals surface area contributed by atoms with E-state index in [4.69, 9.17) is 33.2 Å².